The van der Waals surface area contributed by atoms with Crippen LogP contribution in [-0.2, 0) is 17.8 Å². The van der Waals surface area contributed by atoms with Crippen LogP contribution >= 0.6 is 11.3 Å². The van der Waals surface area contributed by atoms with Crippen molar-refractivity contribution in [1.29, 1.82) is 0 Å². The average molecular weight is 627 g/mol. The molecule has 0 aliphatic carbocycles. The fraction of sp³-hybridized carbons (Fsp3) is 0.267. The van der Waals surface area contributed by atoms with Crippen molar-refractivity contribution in [3.05, 3.63) is 82.9 Å². The minimum atomic E-state index is -0.878. The van der Waals surface area contributed by atoms with Crippen molar-refractivity contribution in [3.63, 3.8) is 0 Å². The molecule has 0 aliphatic heterocycles. The van der Waals surface area contributed by atoms with E-state index in [9.17, 15) is 23.6 Å². The number of carbonyl (C=O) groups excluding carboxylic acids is 2. The van der Waals surface area contributed by atoms with Gasteiger partial charge in [-0.3, -0.25) is 20.4 Å². The van der Waals surface area contributed by atoms with Crippen LogP contribution < -0.4 is 20.4 Å². The van der Waals surface area contributed by atoms with Gasteiger partial charge in [0.1, 0.15) is 16.6 Å². The van der Waals surface area contributed by atoms with E-state index in [-0.39, 0.29) is 41.0 Å². The Morgan fingerprint density at radius 1 is 0.977 bits per heavy atom. The highest BCUT2D eigenvalue weighted by atomic mass is 32.1. The van der Waals surface area contributed by atoms with Crippen LogP contribution in [0.5, 0.6) is 5.88 Å². The Hall–Kier alpha value is -4.66. The van der Waals surface area contributed by atoms with Crippen LogP contribution in [-0.4, -0.2) is 60.1 Å². The number of thiophene rings is 1. The number of hydrogen-bond acceptors (Lipinski definition) is 10. The molecule has 2 aromatic heterocycles. The molecule has 0 aliphatic rings. The summed E-state index contributed by atoms with van der Waals surface area (Å²) in [5.74, 6) is -1.98. The first-order valence-corrected chi connectivity index (χ1v) is 14.4. The first-order chi connectivity index (χ1) is 21.2. The summed E-state index contributed by atoms with van der Waals surface area (Å²) < 4.78 is 40.3. The maximum Gasteiger partial charge on any atom is 0.415 e. The van der Waals surface area contributed by atoms with E-state index in [0.29, 0.717) is 28.1 Å². The SMILES string of the molecule is CCCOC(=O)N(Cc1c(F)cccc1F)c1sc(-c2ccc(NO)cc2)c(CN(C)C)c1C(=O)Nc1ccc(OC)nn1. The van der Waals surface area contributed by atoms with Crippen LogP contribution in [0.1, 0.15) is 34.8 Å². The Bertz CT molecular complexity index is 1580. The van der Waals surface area contributed by atoms with Gasteiger partial charge in [0.25, 0.3) is 5.91 Å². The number of carbonyl (C=O) groups is 2. The van der Waals surface area contributed by atoms with Gasteiger partial charge in [0.05, 0.1) is 31.5 Å². The zero-order valence-corrected chi connectivity index (χ0v) is 25.4. The maximum absolute atomic E-state index is 14.9. The first kappa shape index (κ1) is 32.3. The molecule has 44 heavy (non-hydrogen) atoms. The van der Waals surface area contributed by atoms with Crippen molar-refractivity contribution in [1.82, 2.24) is 15.1 Å². The van der Waals surface area contributed by atoms with E-state index < -0.39 is 30.2 Å². The minimum absolute atomic E-state index is 0.0520. The molecule has 232 valence electrons. The number of amides is 2. The Morgan fingerprint density at radius 2 is 1.68 bits per heavy atom. The third kappa shape index (κ3) is 7.45. The number of halogens is 2. The molecule has 3 N–H and O–H groups in total. The van der Waals surface area contributed by atoms with E-state index in [4.69, 9.17) is 9.47 Å². The predicted molar refractivity (Wildman–Crippen MR) is 163 cm³/mol. The van der Waals surface area contributed by atoms with Crippen molar-refractivity contribution in [3.8, 4) is 16.3 Å². The molecule has 4 rings (SSSR count). The molecule has 0 atom stereocenters. The second kappa shape index (κ2) is 14.7. The van der Waals surface area contributed by atoms with Gasteiger partial charge in [-0.15, -0.1) is 21.5 Å². The minimum Gasteiger partial charge on any atom is -0.480 e. The van der Waals surface area contributed by atoms with Crippen molar-refractivity contribution in [2.75, 3.05) is 43.5 Å². The van der Waals surface area contributed by atoms with E-state index in [2.05, 4.69) is 21.0 Å². The summed E-state index contributed by atoms with van der Waals surface area (Å²) in [7, 11) is 5.07. The van der Waals surface area contributed by atoms with Gasteiger partial charge in [-0.25, -0.2) is 13.6 Å². The maximum atomic E-state index is 14.9. The number of benzene rings is 2. The molecule has 0 saturated carbocycles. The average Bonchev–Trinajstić information content (AvgIpc) is 3.38. The Kier molecular flexibility index (Phi) is 10.8. The van der Waals surface area contributed by atoms with Gasteiger partial charge >= 0.3 is 6.09 Å². The Balaban J connectivity index is 1.94. The molecule has 11 nitrogen and oxygen atoms in total. The molecule has 2 amide bonds. The van der Waals surface area contributed by atoms with Crippen LogP contribution in [0.25, 0.3) is 10.4 Å². The third-order valence-electron chi connectivity index (χ3n) is 6.33. The molecule has 0 bridgehead atoms. The molecule has 2 heterocycles. The fourth-order valence-corrected chi connectivity index (χ4v) is 5.58. The van der Waals surface area contributed by atoms with Crippen LogP contribution in [0, 0.1) is 11.6 Å². The summed E-state index contributed by atoms with van der Waals surface area (Å²) in [5, 5.41) is 20.0. The van der Waals surface area contributed by atoms with Crippen molar-refractivity contribution >= 4 is 39.8 Å². The van der Waals surface area contributed by atoms with Crippen LogP contribution in [0.2, 0.25) is 0 Å². The standard InChI is InChI=1S/C30H32F2N6O5S/c1-5-15-43-30(40)38(17-20-22(31)7-6-8-23(20)32)29-26(28(39)33-24-13-14-25(42-4)35-34-24)21(16-37(2)3)27(44-29)18-9-11-19(36-41)12-10-18/h6-14,36,41H,5,15-17H2,1-4H3,(H,33,34,39). The molecule has 0 radical (unpaired) electrons. The quantitative estimate of drug-likeness (QED) is 0.158. The molecule has 2 aromatic carbocycles. The summed E-state index contributed by atoms with van der Waals surface area (Å²) in [4.78, 5) is 31.2. The summed E-state index contributed by atoms with van der Waals surface area (Å²) in [6.07, 6.45) is -0.374. The fourth-order valence-electron chi connectivity index (χ4n) is 4.27. The van der Waals surface area contributed by atoms with Crippen LogP contribution in [0.3, 0.4) is 0 Å². The van der Waals surface area contributed by atoms with Gasteiger partial charge in [0, 0.05) is 23.1 Å². The van der Waals surface area contributed by atoms with Gasteiger partial charge in [-0.2, -0.15) is 0 Å². The molecule has 0 saturated heterocycles. The van der Waals surface area contributed by atoms with E-state index in [1.807, 2.05) is 25.9 Å². The van der Waals surface area contributed by atoms with Gasteiger partial charge in [-0.05, 0) is 62.0 Å². The van der Waals surface area contributed by atoms with Crippen molar-refractivity contribution in [2.24, 2.45) is 0 Å². The lowest BCUT2D eigenvalue weighted by Gasteiger charge is -2.23. The molecule has 14 heteroatoms. The van der Waals surface area contributed by atoms with Gasteiger partial charge in [-0.1, -0.05) is 25.1 Å². The number of anilines is 3. The van der Waals surface area contributed by atoms with Gasteiger partial charge in [0.15, 0.2) is 5.82 Å². The summed E-state index contributed by atoms with van der Waals surface area (Å²) in [5.41, 5.74) is 3.46. The lowest BCUT2D eigenvalue weighted by Crippen LogP contribution is -2.33. The van der Waals surface area contributed by atoms with Gasteiger partial charge < -0.3 is 19.7 Å². The highest BCUT2D eigenvalue weighted by Gasteiger charge is 2.33. The highest BCUT2D eigenvalue weighted by molar-refractivity contribution is 7.20. The number of hydrogen-bond donors (Lipinski definition) is 3. The normalized spacial score (nSPS) is 10.9. The number of aromatic nitrogens is 2. The molecular weight excluding hydrogens is 594 g/mol. The lowest BCUT2D eigenvalue weighted by molar-refractivity contribution is 0.102. The molecule has 0 fully saturated rings. The van der Waals surface area contributed by atoms with Gasteiger partial charge in [0.2, 0.25) is 5.88 Å². The highest BCUT2D eigenvalue weighted by Crippen LogP contribution is 2.44. The monoisotopic (exact) mass is 626 g/mol. The first-order valence-electron chi connectivity index (χ1n) is 13.5. The second-order valence-electron chi connectivity index (χ2n) is 9.83. The zero-order chi connectivity index (χ0) is 31.8. The van der Waals surface area contributed by atoms with Crippen LogP contribution in [0.15, 0.2) is 54.6 Å². The molecule has 0 unspecified atom stereocenters. The molecule has 0 spiro atoms. The summed E-state index contributed by atoms with van der Waals surface area (Å²) in [6.45, 7) is 1.58. The van der Waals surface area contributed by atoms with E-state index in [0.717, 1.165) is 28.4 Å². The predicted octanol–water partition coefficient (Wildman–Crippen LogP) is 6.16. The Labute approximate surface area is 257 Å². The number of ether oxygens (including phenoxy) is 2. The molecular formula is C30H32F2N6O5S. The van der Waals surface area contributed by atoms with Crippen molar-refractivity contribution in [2.45, 2.75) is 26.4 Å². The topological polar surface area (TPSA) is 129 Å². The smallest absolute Gasteiger partial charge is 0.415 e. The number of nitrogens with zero attached hydrogens (tertiary/aromatic N) is 4. The Morgan fingerprint density at radius 3 is 2.25 bits per heavy atom. The lowest BCUT2D eigenvalue weighted by atomic mass is 10.0. The zero-order valence-electron chi connectivity index (χ0n) is 24.6. The largest absolute Gasteiger partial charge is 0.480 e. The number of nitrogens with one attached hydrogen (secondary N) is 2. The van der Waals surface area contributed by atoms with Crippen molar-refractivity contribution < 1.29 is 33.1 Å². The molecule has 4 aromatic rings. The van der Waals surface area contributed by atoms with E-state index >= 15 is 0 Å². The van der Waals surface area contributed by atoms with E-state index in [1.165, 1.54) is 25.3 Å². The summed E-state index contributed by atoms with van der Waals surface area (Å²) >= 11 is 1.09. The third-order valence-corrected chi connectivity index (χ3v) is 7.63. The number of rotatable bonds is 12. The summed E-state index contributed by atoms with van der Waals surface area (Å²) in [6, 6.07) is 13.2. The van der Waals surface area contributed by atoms with Crippen LogP contribution in [0.4, 0.5) is 30.1 Å². The second-order valence-corrected chi connectivity index (χ2v) is 10.8. The van der Waals surface area contributed by atoms with E-state index in [1.54, 1.807) is 24.3 Å². The number of methoxy groups -OCH3 is 1.